The molecule has 1 saturated heterocycles. The first-order valence-corrected chi connectivity index (χ1v) is 12.1. The Morgan fingerprint density at radius 3 is 2.78 bits per heavy atom. The first kappa shape index (κ1) is 23.8. The highest BCUT2D eigenvalue weighted by atomic mass is 19.1. The van der Waals surface area contributed by atoms with E-state index in [1.807, 2.05) is 0 Å². The molecule has 2 aromatic heterocycles. The maximum atomic E-state index is 13.6. The third kappa shape index (κ3) is 4.29. The zero-order valence-corrected chi connectivity index (χ0v) is 20.5. The first-order valence-electron chi connectivity index (χ1n) is 12.1. The Morgan fingerprint density at radius 1 is 1.33 bits per heavy atom. The van der Waals surface area contributed by atoms with Gasteiger partial charge in [-0.15, -0.1) is 0 Å². The van der Waals surface area contributed by atoms with Gasteiger partial charge in [0.05, 0.1) is 29.4 Å². The van der Waals surface area contributed by atoms with Crippen molar-refractivity contribution in [1.82, 2.24) is 15.2 Å². The summed E-state index contributed by atoms with van der Waals surface area (Å²) < 4.78 is 25.5. The molecule has 3 aromatic rings. The van der Waals surface area contributed by atoms with Crippen molar-refractivity contribution >= 4 is 34.8 Å². The zero-order chi connectivity index (χ0) is 25.6. The summed E-state index contributed by atoms with van der Waals surface area (Å²) in [5.74, 6) is 1.51. The van der Waals surface area contributed by atoms with E-state index in [9.17, 15) is 14.0 Å². The van der Waals surface area contributed by atoms with Crippen LogP contribution in [0.1, 0.15) is 57.5 Å². The lowest BCUT2D eigenvalue weighted by atomic mass is 10.0. The van der Waals surface area contributed by atoms with Gasteiger partial charge in [-0.25, -0.2) is 4.39 Å². The molecule has 2 aliphatic rings. The minimum atomic E-state index is -1.01. The molecule has 5 rings (SSSR count). The summed E-state index contributed by atoms with van der Waals surface area (Å²) in [7, 11) is 0. The molecule has 188 valence electrons. The van der Waals surface area contributed by atoms with Gasteiger partial charge in [-0.05, 0) is 57.2 Å². The molecule has 0 unspecified atom stereocenters. The van der Waals surface area contributed by atoms with E-state index in [0.29, 0.717) is 63.1 Å². The highest BCUT2D eigenvalue weighted by Gasteiger charge is 2.40. The fraction of sp³-hybridized carbons (Fsp3) is 0.370. The van der Waals surface area contributed by atoms with Crippen LogP contribution in [-0.2, 0) is 0 Å². The third-order valence-electron chi connectivity index (χ3n) is 7.04. The lowest BCUT2D eigenvalue weighted by Gasteiger charge is -2.41. The summed E-state index contributed by atoms with van der Waals surface area (Å²) in [6, 6.07) is 4.77. The van der Waals surface area contributed by atoms with E-state index in [1.54, 1.807) is 45.2 Å². The minimum Gasteiger partial charge on any atom is -0.460 e. The summed E-state index contributed by atoms with van der Waals surface area (Å²) in [6.07, 6.45) is 5.46. The summed E-state index contributed by atoms with van der Waals surface area (Å²) in [6.45, 7) is 5.99. The Balaban J connectivity index is 1.38. The predicted molar refractivity (Wildman–Crippen MR) is 134 cm³/mol. The molecule has 1 aliphatic carbocycles. The number of halogens is 1. The van der Waals surface area contributed by atoms with Crippen molar-refractivity contribution in [1.29, 1.82) is 5.41 Å². The van der Waals surface area contributed by atoms with E-state index in [4.69, 9.17) is 14.6 Å². The molecular formula is C27H29FN4O4. The van der Waals surface area contributed by atoms with Crippen LogP contribution in [0.15, 0.2) is 34.9 Å². The molecule has 2 amide bonds. The molecule has 0 spiro atoms. The summed E-state index contributed by atoms with van der Waals surface area (Å²) in [5, 5.41) is 11.3. The van der Waals surface area contributed by atoms with Crippen molar-refractivity contribution in [3.8, 4) is 5.75 Å². The number of furan rings is 1. The standard InChI is InChI=1S/C27H29FN4O4/c1-14-20(27(34)32-13-21(28)15(32)2)12-30-25(14)22(8-9-29)36-18-6-7-19-23(10-18)35-16(3)24(19)26(33)31-11-17-4-5-17/h6-10,12,15,17,21,29-30H,4-5,11,13H2,1-3H3,(H,31,33)/b22-8+,29-9?/t15-,21+/m0/s1. The van der Waals surface area contributed by atoms with Crippen LogP contribution < -0.4 is 10.1 Å². The quantitative estimate of drug-likeness (QED) is 0.311. The molecular weight excluding hydrogens is 463 g/mol. The van der Waals surface area contributed by atoms with E-state index in [0.717, 1.165) is 19.1 Å². The molecule has 1 aliphatic heterocycles. The fourth-order valence-corrected chi connectivity index (χ4v) is 4.52. The highest BCUT2D eigenvalue weighted by molar-refractivity contribution is 6.07. The van der Waals surface area contributed by atoms with Crippen molar-refractivity contribution in [3.63, 3.8) is 0 Å². The Hall–Kier alpha value is -3.88. The predicted octanol–water partition coefficient (Wildman–Crippen LogP) is 4.77. The number of fused-ring (bicyclic) bond motifs is 1. The van der Waals surface area contributed by atoms with Crippen LogP contribution >= 0.6 is 0 Å². The van der Waals surface area contributed by atoms with Crippen LogP contribution in [0.5, 0.6) is 5.75 Å². The minimum absolute atomic E-state index is 0.0861. The number of hydrogen-bond donors (Lipinski definition) is 3. The van der Waals surface area contributed by atoms with Crippen LogP contribution in [0.4, 0.5) is 4.39 Å². The average molecular weight is 493 g/mol. The molecule has 2 atom stereocenters. The second kappa shape index (κ2) is 9.29. The number of ether oxygens (including phenoxy) is 1. The number of carbonyl (C=O) groups is 2. The number of amides is 2. The van der Waals surface area contributed by atoms with Crippen LogP contribution in [0.25, 0.3) is 16.7 Å². The van der Waals surface area contributed by atoms with Crippen LogP contribution in [0, 0.1) is 25.2 Å². The number of rotatable bonds is 8. The number of aromatic nitrogens is 1. The Kier molecular flexibility index (Phi) is 6.15. The summed E-state index contributed by atoms with van der Waals surface area (Å²) >= 11 is 0. The largest absolute Gasteiger partial charge is 0.460 e. The highest BCUT2D eigenvalue weighted by Crippen LogP contribution is 2.33. The Morgan fingerprint density at radius 2 is 2.11 bits per heavy atom. The van der Waals surface area contributed by atoms with Gasteiger partial charge in [-0.3, -0.25) is 9.59 Å². The van der Waals surface area contributed by atoms with Crippen molar-refractivity contribution in [2.75, 3.05) is 13.1 Å². The molecule has 0 bridgehead atoms. The van der Waals surface area contributed by atoms with Crippen LogP contribution in [0.3, 0.4) is 0 Å². The first-order chi connectivity index (χ1) is 17.3. The fourth-order valence-electron chi connectivity index (χ4n) is 4.52. The van der Waals surface area contributed by atoms with Crippen LogP contribution in [0.2, 0.25) is 0 Å². The molecule has 0 radical (unpaired) electrons. The smallest absolute Gasteiger partial charge is 0.256 e. The van der Waals surface area contributed by atoms with Crippen molar-refractivity contribution in [2.24, 2.45) is 5.92 Å². The van der Waals surface area contributed by atoms with E-state index >= 15 is 0 Å². The maximum absolute atomic E-state index is 13.6. The van der Waals surface area contributed by atoms with E-state index < -0.39 is 12.2 Å². The molecule has 8 nitrogen and oxygen atoms in total. The molecule has 36 heavy (non-hydrogen) atoms. The molecule has 1 saturated carbocycles. The monoisotopic (exact) mass is 492 g/mol. The van der Waals surface area contributed by atoms with Crippen molar-refractivity contribution < 1.29 is 23.1 Å². The number of aromatic amines is 1. The molecule has 2 fully saturated rings. The number of carbonyl (C=O) groups excluding carboxylic acids is 2. The topological polar surface area (TPSA) is 111 Å². The van der Waals surface area contributed by atoms with Gasteiger partial charge < -0.3 is 29.8 Å². The number of benzene rings is 1. The van der Waals surface area contributed by atoms with Gasteiger partial charge in [-0.2, -0.15) is 0 Å². The van der Waals surface area contributed by atoms with E-state index in [-0.39, 0.29) is 18.4 Å². The number of H-pyrrole nitrogens is 1. The number of hydrogen-bond acceptors (Lipinski definition) is 5. The lowest BCUT2D eigenvalue weighted by molar-refractivity contribution is 0.00638. The number of allylic oxidation sites excluding steroid dienone is 1. The van der Waals surface area contributed by atoms with Gasteiger partial charge >= 0.3 is 0 Å². The van der Waals surface area contributed by atoms with Gasteiger partial charge in [0.2, 0.25) is 0 Å². The van der Waals surface area contributed by atoms with Gasteiger partial charge in [0.25, 0.3) is 11.8 Å². The van der Waals surface area contributed by atoms with Crippen LogP contribution in [-0.4, -0.2) is 53.2 Å². The van der Waals surface area contributed by atoms with Crippen molar-refractivity contribution in [3.05, 3.63) is 58.6 Å². The Labute approximate surface area is 208 Å². The molecule has 1 aromatic carbocycles. The Bertz CT molecular complexity index is 1380. The number of likely N-dealkylation sites (tertiary alicyclic amines) is 1. The number of alkyl halides is 1. The zero-order valence-electron chi connectivity index (χ0n) is 20.5. The van der Waals surface area contributed by atoms with E-state index in [2.05, 4.69) is 10.3 Å². The van der Waals surface area contributed by atoms with Gasteiger partial charge in [0.1, 0.15) is 23.3 Å². The second-order valence-electron chi connectivity index (χ2n) is 9.56. The van der Waals surface area contributed by atoms with Gasteiger partial charge in [0.15, 0.2) is 5.76 Å². The second-order valence-corrected chi connectivity index (χ2v) is 9.56. The number of nitrogens with zero attached hydrogens (tertiary/aromatic N) is 1. The van der Waals surface area contributed by atoms with Gasteiger partial charge in [0, 0.05) is 36.5 Å². The normalized spacial score (nSPS) is 19.8. The third-order valence-corrected chi connectivity index (χ3v) is 7.04. The van der Waals surface area contributed by atoms with Gasteiger partial charge in [-0.1, -0.05) is 0 Å². The lowest BCUT2D eigenvalue weighted by Crippen LogP contribution is -2.58. The molecule has 3 heterocycles. The number of nitrogens with one attached hydrogen (secondary N) is 3. The molecule has 9 heteroatoms. The molecule has 3 N–H and O–H groups in total. The van der Waals surface area contributed by atoms with E-state index in [1.165, 1.54) is 11.0 Å². The summed E-state index contributed by atoms with van der Waals surface area (Å²) in [5.41, 5.74) is 2.66. The summed E-state index contributed by atoms with van der Waals surface area (Å²) in [4.78, 5) is 30.2. The van der Waals surface area contributed by atoms with Crippen molar-refractivity contribution in [2.45, 2.75) is 45.8 Å². The maximum Gasteiger partial charge on any atom is 0.256 e. The number of aryl methyl sites for hydroxylation is 1. The SMILES string of the molecule is Cc1oc2cc(O/C(=C/C=N)c3[nH]cc(C(=O)N4C[C@@H](F)[C@@H]4C)c3C)ccc2c1C(=O)NCC1CC1. The average Bonchev–Trinajstić information content (AvgIpc) is 3.52.